The number of carbonyl (C=O) groups is 2. The second-order valence-electron chi connectivity index (χ2n) is 5.96. The molecular formula is C17H22N4O3. The lowest BCUT2D eigenvalue weighted by molar-refractivity contribution is 0.0564. The quantitative estimate of drug-likeness (QED) is 0.843. The van der Waals surface area contributed by atoms with E-state index < -0.39 is 0 Å². The van der Waals surface area contributed by atoms with E-state index in [4.69, 9.17) is 4.74 Å². The molecule has 3 rings (SSSR count). The van der Waals surface area contributed by atoms with E-state index in [1.165, 1.54) is 0 Å². The van der Waals surface area contributed by atoms with Crippen LogP contribution in [0.25, 0.3) is 5.65 Å². The first kappa shape index (κ1) is 16.3. The lowest BCUT2D eigenvalue weighted by atomic mass is 10.2. The summed E-state index contributed by atoms with van der Waals surface area (Å²) in [5, 5.41) is 0. The van der Waals surface area contributed by atoms with E-state index in [2.05, 4.69) is 4.98 Å². The summed E-state index contributed by atoms with van der Waals surface area (Å²) in [5.74, 6) is -0.0471. The van der Waals surface area contributed by atoms with Crippen LogP contribution in [0.4, 0.5) is 4.79 Å². The van der Waals surface area contributed by atoms with Crippen LogP contribution < -0.4 is 0 Å². The van der Waals surface area contributed by atoms with Crippen molar-refractivity contribution in [3.63, 3.8) is 0 Å². The van der Waals surface area contributed by atoms with Gasteiger partial charge in [-0.05, 0) is 32.4 Å². The first-order valence-electron chi connectivity index (χ1n) is 8.17. The molecule has 1 aliphatic rings. The van der Waals surface area contributed by atoms with Crippen molar-refractivity contribution < 1.29 is 14.3 Å². The molecule has 0 radical (unpaired) electrons. The number of hydrogen-bond acceptors (Lipinski definition) is 4. The minimum Gasteiger partial charge on any atom is -0.450 e. The van der Waals surface area contributed by atoms with Gasteiger partial charge >= 0.3 is 6.09 Å². The molecule has 0 aliphatic carbocycles. The van der Waals surface area contributed by atoms with E-state index in [0.29, 0.717) is 38.5 Å². The Kier molecular flexibility index (Phi) is 4.42. The highest BCUT2D eigenvalue weighted by molar-refractivity contribution is 5.95. The predicted octanol–water partition coefficient (Wildman–Crippen LogP) is 1.87. The third kappa shape index (κ3) is 2.93. The summed E-state index contributed by atoms with van der Waals surface area (Å²) >= 11 is 0. The van der Waals surface area contributed by atoms with Crippen LogP contribution in [0.1, 0.15) is 28.7 Å². The monoisotopic (exact) mass is 330 g/mol. The highest BCUT2D eigenvalue weighted by Gasteiger charge is 2.28. The number of amides is 2. The van der Waals surface area contributed by atoms with Gasteiger partial charge in [-0.3, -0.25) is 9.20 Å². The van der Waals surface area contributed by atoms with Crippen molar-refractivity contribution in [2.45, 2.75) is 20.8 Å². The van der Waals surface area contributed by atoms with Crippen molar-refractivity contribution in [3.8, 4) is 0 Å². The Morgan fingerprint density at radius 2 is 1.79 bits per heavy atom. The molecule has 0 bridgehead atoms. The van der Waals surface area contributed by atoms with Crippen molar-refractivity contribution in [3.05, 3.63) is 35.3 Å². The molecule has 0 N–H and O–H groups in total. The van der Waals surface area contributed by atoms with Gasteiger partial charge < -0.3 is 14.5 Å². The van der Waals surface area contributed by atoms with E-state index in [1.807, 2.05) is 36.6 Å². The summed E-state index contributed by atoms with van der Waals surface area (Å²) in [6.45, 7) is 7.95. The zero-order valence-electron chi connectivity index (χ0n) is 14.3. The molecule has 3 heterocycles. The van der Waals surface area contributed by atoms with Gasteiger partial charge in [-0.1, -0.05) is 6.07 Å². The maximum Gasteiger partial charge on any atom is 0.409 e. The zero-order valence-corrected chi connectivity index (χ0v) is 14.3. The van der Waals surface area contributed by atoms with Gasteiger partial charge in [-0.25, -0.2) is 9.78 Å². The smallest absolute Gasteiger partial charge is 0.409 e. The molecule has 128 valence electrons. The summed E-state index contributed by atoms with van der Waals surface area (Å²) < 4.78 is 6.86. The van der Waals surface area contributed by atoms with E-state index in [0.717, 1.165) is 16.9 Å². The second-order valence-corrected chi connectivity index (χ2v) is 5.96. The van der Waals surface area contributed by atoms with Crippen LogP contribution in [0.3, 0.4) is 0 Å². The van der Waals surface area contributed by atoms with Gasteiger partial charge in [-0.15, -0.1) is 0 Å². The number of aromatic nitrogens is 2. The molecule has 1 fully saturated rings. The number of piperazine rings is 1. The van der Waals surface area contributed by atoms with Gasteiger partial charge in [0.2, 0.25) is 0 Å². The molecule has 7 heteroatoms. The molecule has 0 unspecified atom stereocenters. The molecule has 1 aliphatic heterocycles. The average molecular weight is 330 g/mol. The Balaban J connectivity index is 1.78. The normalized spacial score (nSPS) is 15.0. The summed E-state index contributed by atoms with van der Waals surface area (Å²) in [4.78, 5) is 32.6. The lowest BCUT2D eigenvalue weighted by Crippen LogP contribution is -2.51. The third-order valence-corrected chi connectivity index (χ3v) is 4.24. The van der Waals surface area contributed by atoms with Gasteiger partial charge in [0.15, 0.2) is 0 Å². The fraction of sp³-hybridized carbons (Fsp3) is 0.471. The van der Waals surface area contributed by atoms with Gasteiger partial charge in [-0.2, -0.15) is 0 Å². The van der Waals surface area contributed by atoms with Crippen LogP contribution >= 0.6 is 0 Å². The molecule has 24 heavy (non-hydrogen) atoms. The average Bonchev–Trinajstić information content (AvgIpc) is 2.89. The van der Waals surface area contributed by atoms with Crippen LogP contribution in [0.15, 0.2) is 18.3 Å². The molecule has 0 spiro atoms. The van der Waals surface area contributed by atoms with Crippen LogP contribution in [-0.2, 0) is 4.74 Å². The van der Waals surface area contributed by atoms with Crippen LogP contribution in [0.5, 0.6) is 0 Å². The van der Waals surface area contributed by atoms with Crippen molar-refractivity contribution in [1.29, 1.82) is 0 Å². The van der Waals surface area contributed by atoms with E-state index in [1.54, 1.807) is 16.7 Å². The fourth-order valence-electron chi connectivity index (χ4n) is 2.98. The van der Waals surface area contributed by atoms with Crippen LogP contribution in [0, 0.1) is 13.8 Å². The van der Waals surface area contributed by atoms with Gasteiger partial charge in [0.1, 0.15) is 11.3 Å². The number of rotatable bonds is 2. The van der Waals surface area contributed by atoms with Crippen molar-refractivity contribution in [1.82, 2.24) is 19.2 Å². The van der Waals surface area contributed by atoms with E-state index >= 15 is 0 Å². The molecule has 1 saturated heterocycles. The summed E-state index contributed by atoms with van der Waals surface area (Å²) in [5.41, 5.74) is 3.16. The van der Waals surface area contributed by atoms with Gasteiger partial charge in [0.05, 0.1) is 12.3 Å². The summed E-state index contributed by atoms with van der Waals surface area (Å²) in [6.07, 6.45) is 1.61. The van der Waals surface area contributed by atoms with Crippen LogP contribution in [0.2, 0.25) is 0 Å². The fourth-order valence-corrected chi connectivity index (χ4v) is 2.98. The molecule has 0 atom stereocenters. The molecule has 2 aromatic heterocycles. The molecular weight excluding hydrogens is 308 g/mol. The first-order valence-corrected chi connectivity index (χ1v) is 8.17. The molecule has 0 aromatic carbocycles. The maximum atomic E-state index is 12.9. The number of ether oxygens (including phenoxy) is 1. The lowest BCUT2D eigenvalue weighted by Gasteiger charge is -2.34. The number of imidazole rings is 1. The summed E-state index contributed by atoms with van der Waals surface area (Å²) in [7, 11) is 0. The zero-order chi connectivity index (χ0) is 17.3. The number of carbonyl (C=O) groups excluding carboxylic acids is 2. The molecule has 7 nitrogen and oxygen atoms in total. The second kappa shape index (κ2) is 6.51. The summed E-state index contributed by atoms with van der Waals surface area (Å²) in [6, 6.07) is 3.89. The first-order chi connectivity index (χ1) is 11.5. The van der Waals surface area contributed by atoms with E-state index in [9.17, 15) is 9.59 Å². The Hall–Kier alpha value is -2.57. The Labute approximate surface area is 140 Å². The molecule has 2 amide bonds. The van der Waals surface area contributed by atoms with Gasteiger partial charge in [0.25, 0.3) is 5.91 Å². The molecule has 2 aromatic rings. The van der Waals surface area contributed by atoms with Crippen molar-refractivity contribution >= 4 is 17.6 Å². The highest BCUT2D eigenvalue weighted by atomic mass is 16.6. The number of fused-ring (bicyclic) bond motifs is 1. The minimum atomic E-state index is -0.314. The number of pyridine rings is 1. The standard InChI is InChI=1S/C17H22N4O3/c1-4-24-17(23)20-9-7-19(8-10-20)16(22)15-13(3)18-14-6-5-12(2)11-21(14)15/h5-6,11H,4,7-10H2,1-3H3. The predicted molar refractivity (Wildman–Crippen MR) is 89.2 cm³/mol. The Morgan fingerprint density at radius 3 is 2.46 bits per heavy atom. The third-order valence-electron chi connectivity index (χ3n) is 4.24. The van der Waals surface area contributed by atoms with Gasteiger partial charge in [0, 0.05) is 32.4 Å². The van der Waals surface area contributed by atoms with E-state index in [-0.39, 0.29) is 12.0 Å². The SMILES string of the molecule is CCOC(=O)N1CCN(C(=O)c2c(C)nc3ccc(C)cn23)CC1. The Bertz CT molecular complexity index is 775. The van der Waals surface area contributed by atoms with Crippen LogP contribution in [-0.4, -0.2) is 64.0 Å². The topological polar surface area (TPSA) is 67.2 Å². The Morgan fingerprint density at radius 1 is 1.12 bits per heavy atom. The minimum absolute atomic E-state index is 0.0471. The number of hydrogen-bond donors (Lipinski definition) is 0. The number of nitrogens with zero attached hydrogens (tertiary/aromatic N) is 4. The van der Waals surface area contributed by atoms with Crippen molar-refractivity contribution in [2.24, 2.45) is 0 Å². The largest absolute Gasteiger partial charge is 0.450 e. The maximum absolute atomic E-state index is 12.9. The molecule has 0 saturated carbocycles. The highest BCUT2D eigenvalue weighted by Crippen LogP contribution is 2.17. The number of aryl methyl sites for hydroxylation is 2. The van der Waals surface area contributed by atoms with Crippen molar-refractivity contribution in [2.75, 3.05) is 32.8 Å².